The molecule has 0 spiro atoms. The van der Waals surface area contributed by atoms with E-state index in [0.29, 0.717) is 18.0 Å². The van der Waals surface area contributed by atoms with E-state index in [0.717, 1.165) is 12.5 Å². The van der Waals surface area contributed by atoms with Gasteiger partial charge in [0.2, 0.25) is 5.91 Å². The number of nitrogens with two attached hydrogens (primary N) is 1. The van der Waals surface area contributed by atoms with E-state index >= 15 is 0 Å². The van der Waals surface area contributed by atoms with Crippen molar-refractivity contribution in [2.45, 2.75) is 31.7 Å². The molecule has 0 aromatic heterocycles. The number of amides is 1. The van der Waals surface area contributed by atoms with Gasteiger partial charge in [-0.25, -0.2) is 0 Å². The van der Waals surface area contributed by atoms with Crippen LogP contribution in [0.3, 0.4) is 0 Å². The lowest BCUT2D eigenvalue weighted by Crippen LogP contribution is -2.32. The minimum absolute atomic E-state index is 0.0335. The van der Waals surface area contributed by atoms with Gasteiger partial charge in [-0.1, -0.05) is 30.3 Å². The van der Waals surface area contributed by atoms with Gasteiger partial charge in [-0.15, -0.1) is 0 Å². The first kappa shape index (κ1) is 14.3. The number of carbonyl (C=O) groups excluding carboxylic acids is 2. The van der Waals surface area contributed by atoms with Gasteiger partial charge < -0.3 is 10.6 Å². The van der Waals surface area contributed by atoms with Crippen LogP contribution < -0.4 is 5.73 Å². The van der Waals surface area contributed by atoms with Crippen LogP contribution in [0.2, 0.25) is 0 Å². The second kappa shape index (κ2) is 5.98. The van der Waals surface area contributed by atoms with Crippen LogP contribution in [-0.4, -0.2) is 35.7 Å². The highest BCUT2D eigenvalue weighted by Crippen LogP contribution is 2.40. The highest BCUT2D eigenvalue weighted by Gasteiger charge is 2.41. The Morgan fingerprint density at radius 2 is 1.81 bits per heavy atom. The first-order valence-electron chi connectivity index (χ1n) is 7.77. The summed E-state index contributed by atoms with van der Waals surface area (Å²) in [6.07, 6.45) is 3.08. The predicted molar refractivity (Wildman–Crippen MR) is 80.8 cm³/mol. The molecule has 1 aromatic carbocycles. The summed E-state index contributed by atoms with van der Waals surface area (Å²) in [5.74, 6) is 1.30. The molecule has 1 aromatic rings. The lowest BCUT2D eigenvalue weighted by molar-refractivity contribution is -0.130. The molecule has 4 nitrogen and oxygen atoms in total. The highest BCUT2D eigenvalue weighted by atomic mass is 16.2. The number of hydrogen-bond acceptors (Lipinski definition) is 3. The van der Waals surface area contributed by atoms with Crippen molar-refractivity contribution < 1.29 is 9.59 Å². The maximum Gasteiger partial charge on any atom is 0.223 e. The normalized spacial score (nSPS) is 25.1. The molecule has 2 atom stereocenters. The first-order chi connectivity index (χ1) is 10.1. The number of rotatable bonds is 5. The van der Waals surface area contributed by atoms with E-state index in [9.17, 15) is 9.59 Å². The summed E-state index contributed by atoms with van der Waals surface area (Å²) in [6, 6.07) is 9.27. The van der Waals surface area contributed by atoms with Crippen molar-refractivity contribution in [3.05, 3.63) is 35.9 Å². The maximum atomic E-state index is 12.2. The minimum atomic E-state index is 0.0335. The first-order valence-corrected chi connectivity index (χ1v) is 7.77. The van der Waals surface area contributed by atoms with Crippen LogP contribution in [0.4, 0.5) is 0 Å². The van der Waals surface area contributed by atoms with Crippen LogP contribution in [0, 0.1) is 11.8 Å². The molecular weight excluding hydrogens is 264 g/mol. The molecule has 112 valence electrons. The van der Waals surface area contributed by atoms with Crippen LogP contribution in [0.5, 0.6) is 0 Å². The molecule has 2 aliphatic rings. The lowest BCUT2D eigenvalue weighted by atomic mass is 9.99. The Labute approximate surface area is 125 Å². The molecule has 1 aliphatic heterocycles. The molecule has 1 amide bonds. The minimum Gasteiger partial charge on any atom is -0.341 e. The number of nitrogens with zero attached hydrogens (tertiary/aromatic N) is 1. The van der Waals surface area contributed by atoms with E-state index in [1.54, 1.807) is 12.1 Å². The fourth-order valence-corrected chi connectivity index (χ4v) is 3.23. The van der Waals surface area contributed by atoms with E-state index < -0.39 is 0 Å². The van der Waals surface area contributed by atoms with Gasteiger partial charge in [0.25, 0.3) is 0 Å². The number of ketones is 1. The monoisotopic (exact) mass is 286 g/mol. The quantitative estimate of drug-likeness (QED) is 0.840. The third-order valence-corrected chi connectivity index (χ3v) is 4.65. The van der Waals surface area contributed by atoms with Crippen molar-refractivity contribution in [2.75, 3.05) is 13.1 Å². The van der Waals surface area contributed by atoms with Crippen LogP contribution in [0.25, 0.3) is 0 Å². The van der Waals surface area contributed by atoms with Crippen LogP contribution >= 0.6 is 0 Å². The Hall–Kier alpha value is -1.68. The van der Waals surface area contributed by atoms with Gasteiger partial charge in [-0.05, 0) is 24.7 Å². The summed E-state index contributed by atoms with van der Waals surface area (Å²) >= 11 is 0. The fraction of sp³-hybridized carbons (Fsp3) is 0.529. The fourth-order valence-electron chi connectivity index (χ4n) is 3.23. The van der Waals surface area contributed by atoms with Crippen LogP contribution in [-0.2, 0) is 4.79 Å². The van der Waals surface area contributed by atoms with E-state index in [2.05, 4.69) is 0 Å². The van der Waals surface area contributed by atoms with Crippen molar-refractivity contribution >= 4 is 11.7 Å². The Balaban J connectivity index is 1.49. The molecule has 1 saturated heterocycles. The molecule has 21 heavy (non-hydrogen) atoms. The lowest BCUT2D eigenvalue weighted by Gasteiger charge is -2.16. The summed E-state index contributed by atoms with van der Waals surface area (Å²) in [7, 11) is 0. The number of Topliss-reactive ketones (excluding diaryl/α,β-unsaturated/α-hetero) is 1. The van der Waals surface area contributed by atoms with Gasteiger partial charge >= 0.3 is 0 Å². The molecule has 0 unspecified atom stereocenters. The Morgan fingerprint density at radius 3 is 2.48 bits per heavy atom. The smallest absolute Gasteiger partial charge is 0.223 e. The predicted octanol–water partition coefficient (Wildman–Crippen LogP) is 1.85. The highest BCUT2D eigenvalue weighted by molar-refractivity contribution is 5.97. The molecule has 1 saturated carbocycles. The number of benzene rings is 1. The molecular formula is C17H22N2O2. The number of likely N-dealkylation sites (tertiary alicyclic amines) is 1. The summed E-state index contributed by atoms with van der Waals surface area (Å²) in [4.78, 5) is 26.1. The van der Waals surface area contributed by atoms with Gasteiger partial charge in [0.15, 0.2) is 5.78 Å². The van der Waals surface area contributed by atoms with Crippen molar-refractivity contribution in [1.29, 1.82) is 0 Å². The van der Waals surface area contributed by atoms with E-state index in [-0.39, 0.29) is 30.6 Å². The topological polar surface area (TPSA) is 63.4 Å². The summed E-state index contributed by atoms with van der Waals surface area (Å²) in [5, 5.41) is 0. The van der Waals surface area contributed by atoms with Crippen molar-refractivity contribution in [3.63, 3.8) is 0 Å². The summed E-state index contributed by atoms with van der Waals surface area (Å²) in [6.45, 7) is 1.43. The van der Waals surface area contributed by atoms with Crippen LogP contribution in [0.15, 0.2) is 30.3 Å². The third kappa shape index (κ3) is 3.32. The Bertz CT molecular complexity index is 525. The number of hydrogen-bond donors (Lipinski definition) is 1. The van der Waals surface area contributed by atoms with E-state index in [4.69, 9.17) is 5.73 Å². The number of carbonyl (C=O) groups is 2. The van der Waals surface area contributed by atoms with Gasteiger partial charge in [0.05, 0.1) is 0 Å². The van der Waals surface area contributed by atoms with Gasteiger partial charge in [0, 0.05) is 37.5 Å². The summed E-state index contributed by atoms with van der Waals surface area (Å²) < 4.78 is 0. The zero-order valence-corrected chi connectivity index (χ0v) is 12.2. The SMILES string of the molecule is N[C@H]1CN(C(=O)CCC(=O)c2ccccc2)C[C@@H]1C1CC1. The molecule has 2 fully saturated rings. The Morgan fingerprint density at radius 1 is 1.10 bits per heavy atom. The van der Waals surface area contributed by atoms with Crippen molar-refractivity contribution in [3.8, 4) is 0 Å². The second-order valence-corrected chi connectivity index (χ2v) is 6.25. The molecule has 0 bridgehead atoms. The van der Waals surface area contributed by atoms with E-state index in [1.807, 2.05) is 23.1 Å². The summed E-state index contributed by atoms with van der Waals surface area (Å²) in [5.41, 5.74) is 6.81. The molecule has 0 radical (unpaired) electrons. The zero-order chi connectivity index (χ0) is 14.8. The molecule has 4 heteroatoms. The zero-order valence-electron chi connectivity index (χ0n) is 12.2. The van der Waals surface area contributed by atoms with Gasteiger partial charge in [-0.2, -0.15) is 0 Å². The average molecular weight is 286 g/mol. The molecule has 1 heterocycles. The van der Waals surface area contributed by atoms with Crippen molar-refractivity contribution in [1.82, 2.24) is 4.90 Å². The Kier molecular flexibility index (Phi) is 4.06. The largest absolute Gasteiger partial charge is 0.341 e. The van der Waals surface area contributed by atoms with Crippen molar-refractivity contribution in [2.24, 2.45) is 17.6 Å². The maximum absolute atomic E-state index is 12.2. The molecule has 3 rings (SSSR count). The second-order valence-electron chi connectivity index (χ2n) is 6.25. The molecule has 1 aliphatic carbocycles. The third-order valence-electron chi connectivity index (χ3n) is 4.65. The van der Waals surface area contributed by atoms with Gasteiger partial charge in [0.1, 0.15) is 0 Å². The van der Waals surface area contributed by atoms with Gasteiger partial charge in [-0.3, -0.25) is 9.59 Å². The van der Waals surface area contributed by atoms with Crippen LogP contribution in [0.1, 0.15) is 36.0 Å². The average Bonchev–Trinajstić information content (AvgIpc) is 3.28. The standard InChI is InChI=1S/C17H22N2O2/c18-15-11-19(10-14(15)12-6-7-12)17(21)9-8-16(20)13-4-2-1-3-5-13/h1-5,12,14-15H,6-11,18H2/t14-,15+/m1/s1. The molecule has 2 N–H and O–H groups in total. The van der Waals surface area contributed by atoms with E-state index in [1.165, 1.54) is 12.8 Å².